The molecule has 0 radical (unpaired) electrons. The van der Waals surface area contributed by atoms with Crippen LogP contribution in [-0.2, 0) is 6.54 Å². The number of hydrogen-bond acceptors (Lipinski definition) is 2. The fourth-order valence-electron chi connectivity index (χ4n) is 2.24. The number of hydrogen-bond donors (Lipinski definition) is 0. The molecule has 1 aromatic heterocycles. The molecule has 0 amide bonds. The molecular weight excluding hydrogens is 212 g/mol. The summed E-state index contributed by atoms with van der Waals surface area (Å²) in [6.07, 6.45) is 8.75. The van der Waals surface area contributed by atoms with Crippen LogP contribution in [0.5, 0.6) is 0 Å². The van der Waals surface area contributed by atoms with Crippen LogP contribution in [0.2, 0.25) is 0 Å². The number of aromatic nitrogens is 2. The fraction of sp³-hybridized carbons (Fsp3) is 0.714. The van der Waals surface area contributed by atoms with E-state index in [1.807, 2.05) is 10.8 Å². The summed E-state index contributed by atoms with van der Waals surface area (Å²) in [5.74, 6) is 1.04. The van der Waals surface area contributed by atoms with E-state index in [9.17, 15) is 4.79 Å². The van der Waals surface area contributed by atoms with E-state index in [-0.39, 0.29) is 11.7 Å². The van der Waals surface area contributed by atoms with Gasteiger partial charge in [-0.2, -0.15) is 0 Å². The monoisotopic (exact) mass is 236 g/mol. The predicted molar refractivity (Wildman–Crippen MR) is 70.2 cm³/mol. The van der Waals surface area contributed by atoms with Crippen LogP contribution < -0.4 is 0 Å². The highest BCUT2D eigenvalue weighted by molar-refractivity contribution is 5.94. The van der Waals surface area contributed by atoms with E-state index in [0.29, 0.717) is 5.82 Å². The van der Waals surface area contributed by atoms with Crippen molar-refractivity contribution in [1.82, 2.24) is 9.55 Å². The average Bonchev–Trinajstić information content (AvgIpc) is 2.77. The van der Waals surface area contributed by atoms with Crippen molar-refractivity contribution >= 4 is 5.78 Å². The Morgan fingerprint density at radius 3 is 2.41 bits per heavy atom. The third-order valence-electron chi connectivity index (χ3n) is 3.05. The van der Waals surface area contributed by atoms with Gasteiger partial charge in [0.25, 0.3) is 0 Å². The largest absolute Gasteiger partial charge is 0.329 e. The molecule has 0 aromatic carbocycles. The molecule has 0 spiro atoms. The summed E-state index contributed by atoms with van der Waals surface area (Å²) >= 11 is 0. The highest BCUT2D eigenvalue weighted by Crippen LogP contribution is 2.18. The molecule has 0 atom stereocenters. The Morgan fingerprint density at radius 1 is 1.24 bits per heavy atom. The Bertz CT molecular complexity index is 338. The third kappa shape index (κ3) is 3.69. The summed E-state index contributed by atoms with van der Waals surface area (Å²) in [5, 5.41) is 0. The molecule has 0 aliphatic heterocycles. The van der Waals surface area contributed by atoms with Gasteiger partial charge < -0.3 is 4.57 Å². The lowest BCUT2D eigenvalue weighted by Gasteiger charge is -2.14. The smallest absolute Gasteiger partial charge is 0.201 e. The molecule has 1 rings (SSSR count). The normalized spacial score (nSPS) is 11.1. The molecule has 1 aromatic rings. The molecular formula is C14H24N2O. The molecule has 3 nitrogen and oxygen atoms in total. The van der Waals surface area contributed by atoms with Gasteiger partial charge >= 0.3 is 0 Å². The topological polar surface area (TPSA) is 34.9 Å². The molecule has 0 aliphatic rings. The zero-order valence-corrected chi connectivity index (χ0v) is 11.3. The molecule has 0 bridgehead atoms. The average molecular weight is 236 g/mol. The highest BCUT2D eigenvalue weighted by Gasteiger charge is 2.22. The number of Topliss-reactive ketones (excluding diaryl/α,β-unsaturated/α-hetero) is 1. The van der Waals surface area contributed by atoms with Gasteiger partial charge in [0.05, 0.1) is 0 Å². The Labute approximate surface area is 104 Å². The molecule has 0 saturated carbocycles. The molecule has 17 heavy (non-hydrogen) atoms. The molecule has 0 aliphatic carbocycles. The summed E-state index contributed by atoms with van der Waals surface area (Å²) in [6, 6.07) is 0. The van der Waals surface area contributed by atoms with E-state index in [4.69, 9.17) is 0 Å². The van der Waals surface area contributed by atoms with Gasteiger partial charge in [-0.15, -0.1) is 0 Å². The van der Waals surface area contributed by atoms with E-state index in [1.165, 1.54) is 0 Å². The first kappa shape index (κ1) is 13.9. The minimum atomic E-state index is 0.156. The van der Waals surface area contributed by atoms with Crippen LogP contribution in [0.3, 0.4) is 0 Å². The van der Waals surface area contributed by atoms with Crippen LogP contribution in [0.25, 0.3) is 0 Å². The first-order chi connectivity index (χ1) is 8.24. The molecule has 3 heteroatoms. The third-order valence-corrected chi connectivity index (χ3v) is 3.05. The van der Waals surface area contributed by atoms with Gasteiger partial charge in [0.15, 0.2) is 5.82 Å². The van der Waals surface area contributed by atoms with Gasteiger partial charge in [0.2, 0.25) is 5.78 Å². The predicted octanol–water partition coefficient (Wildman–Crippen LogP) is 3.69. The second-order valence-corrected chi connectivity index (χ2v) is 4.58. The summed E-state index contributed by atoms with van der Waals surface area (Å²) in [5.41, 5.74) is 0. The van der Waals surface area contributed by atoms with Crippen molar-refractivity contribution in [3.8, 4) is 0 Å². The molecule has 0 unspecified atom stereocenters. The van der Waals surface area contributed by atoms with Crippen molar-refractivity contribution in [2.45, 2.75) is 59.4 Å². The Kier molecular flexibility index (Phi) is 5.95. The standard InChI is InChI=1S/C14H24N2O/c1-4-7-12(8-5-2)13(17)14-15-9-11-16(14)10-6-3/h9,11-12H,4-8,10H2,1-3H3. The van der Waals surface area contributed by atoms with E-state index in [2.05, 4.69) is 25.8 Å². The fourth-order valence-corrected chi connectivity index (χ4v) is 2.24. The first-order valence-electron chi connectivity index (χ1n) is 6.79. The summed E-state index contributed by atoms with van der Waals surface area (Å²) in [6.45, 7) is 7.26. The minimum absolute atomic E-state index is 0.156. The van der Waals surface area contributed by atoms with Crippen molar-refractivity contribution in [2.75, 3.05) is 0 Å². The minimum Gasteiger partial charge on any atom is -0.329 e. The molecule has 96 valence electrons. The second-order valence-electron chi connectivity index (χ2n) is 4.58. The Hall–Kier alpha value is -1.12. The molecule has 0 saturated heterocycles. The van der Waals surface area contributed by atoms with Crippen molar-refractivity contribution in [3.05, 3.63) is 18.2 Å². The Balaban J connectivity index is 2.80. The van der Waals surface area contributed by atoms with Crippen LogP contribution in [0.15, 0.2) is 12.4 Å². The van der Waals surface area contributed by atoms with Crippen LogP contribution in [0.4, 0.5) is 0 Å². The zero-order chi connectivity index (χ0) is 12.7. The van der Waals surface area contributed by atoms with Crippen LogP contribution >= 0.6 is 0 Å². The van der Waals surface area contributed by atoms with Gasteiger partial charge in [-0.25, -0.2) is 4.98 Å². The lowest BCUT2D eigenvalue weighted by atomic mass is 9.93. The Morgan fingerprint density at radius 2 is 1.88 bits per heavy atom. The molecule has 1 heterocycles. The van der Waals surface area contributed by atoms with Crippen molar-refractivity contribution in [1.29, 1.82) is 0 Å². The van der Waals surface area contributed by atoms with Crippen LogP contribution in [-0.4, -0.2) is 15.3 Å². The van der Waals surface area contributed by atoms with Gasteiger partial charge in [0.1, 0.15) is 0 Å². The van der Waals surface area contributed by atoms with E-state index < -0.39 is 0 Å². The van der Waals surface area contributed by atoms with E-state index in [1.54, 1.807) is 6.20 Å². The maximum absolute atomic E-state index is 12.4. The van der Waals surface area contributed by atoms with Gasteiger partial charge in [-0.3, -0.25) is 4.79 Å². The molecule has 0 fully saturated rings. The number of carbonyl (C=O) groups is 1. The summed E-state index contributed by atoms with van der Waals surface area (Å²) in [4.78, 5) is 16.6. The zero-order valence-electron chi connectivity index (χ0n) is 11.3. The maximum Gasteiger partial charge on any atom is 0.201 e. The number of aryl methyl sites for hydroxylation is 1. The van der Waals surface area contributed by atoms with Gasteiger partial charge in [-0.05, 0) is 19.3 Å². The van der Waals surface area contributed by atoms with Crippen LogP contribution in [0.1, 0.15) is 63.5 Å². The number of rotatable bonds is 8. The SMILES string of the molecule is CCCC(CCC)C(=O)c1nccn1CCC. The highest BCUT2D eigenvalue weighted by atomic mass is 16.1. The van der Waals surface area contributed by atoms with Crippen LogP contribution in [0, 0.1) is 5.92 Å². The van der Waals surface area contributed by atoms with Gasteiger partial charge in [0, 0.05) is 24.9 Å². The second kappa shape index (κ2) is 7.25. The maximum atomic E-state index is 12.4. The number of ketones is 1. The molecule has 0 N–H and O–H groups in total. The number of carbonyl (C=O) groups excluding carboxylic acids is 1. The first-order valence-corrected chi connectivity index (χ1v) is 6.79. The van der Waals surface area contributed by atoms with Crippen molar-refractivity contribution in [3.63, 3.8) is 0 Å². The van der Waals surface area contributed by atoms with E-state index >= 15 is 0 Å². The van der Waals surface area contributed by atoms with E-state index in [0.717, 1.165) is 38.6 Å². The number of imidazole rings is 1. The van der Waals surface area contributed by atoms with Gasteiger partial charge in [-0.1, -0.05) is 33.6 Å². The van der Waals surface area contributed by atoms with Crippen molar-refractivity contribution in [2.24, 2.45) is 5.92 Å². The summed E-state index contributed by atoms with van der Waals surface area (Å²) in [7, 11) is 0. The lowest BCUT2D eigenvalue weighted by molar-refractivity contribution is 0.0889. The summed E-state index contributed by atoms with van der Waals surface area (Å²) < 4.78 is 1.99. The quantitative estimate of drug-likeness (QED) is 0.645. The van der Waals surface area contributed by atoms with Crippen molar-refractivity contribution < 1.29 is 4.79 Å². The lowest BCUT2D eigenvalue weighted by Crippen LogP contribution is -2.19. The number of nitrogens with zero attached hydrogens (tertiary/aromatic N) is 2.